The van der Waals surface area contributed by atoms with Crippen molar-refractivity contribution in [1.29, 1.82) is 0 Å². The number of amides is 3. The third kappa shape index (κ3) is 6.83. The van der Waals surface area contributed by atoms with Gasteiger partial charge in [0.2, 0.25) is 15.9 Å². The number of carbonyl (C=O) groups excluding carboxylic acids is 2. The van der Waals surface area contributed by atoms with Gasteiger partial charge in [0.05, 0.1) is 19.1 Å². The number of carbonyl (C=O) groups is 2. The van der Waals surface area contributed by atoms with Gasteiger partial charge in [-0.2, -0.15) is 4.31 Å². The first-order chi connectivity index (χ1) is 15.6. The third-order valence-corrected chi connectivity index (χ3v) is 7.25. The molecule has 0 aliphatic rings. The van der Waals surface area contributed by atoms with Gasteiger partial charge in [-0.05, 0) is 36.8 Å². The van der Waals surface area contributed by atoms with E-state index in [0.717, 1.165) is 0 Å². The molecule has 0 aliphatic heterocycles. The minimum atomic E-state index is -3.83. The van der Waals surface area contributed by atoms with Gasteiger partial charge >= 0.3 is 6.03 Å². The molecule has 0 aliphatic carbocycles. The van der Waals surface area contributed by atoms with Gasteiger partial charge in [0.1, 0.15) is 10.6 Å². The maximum Gasteiger partial charge on any atom is 0.312 e. The lowest BCUT2D eigenvalue weighted by Gasteiger charge is -2.21. The number of primary amides is 1. The minimum Gasteiger partial charge on any atom is -0.492 e. The average molecular weight is 497 g/mol. The molecule has 2 aromatic rings. The van der Waals surface area contributed by atoms with Crippen molar-refractivity contribution >= 4 is 39.2 Å². The Morgan fingerprint density at radius 1 is 1.12 bits per heavy atom. The predicted octanol–water partition coefficient (Wildman–Crippen LogP) is 3.51. The van der Waals surface area contributed by atoms with Crippen LogP contribution in [0.2, 0.25) is 5.02 Å². The Kier molecular flexibility index (Phi) is 9.51. The van der Waals surface area contributed by atoms with Crippen molar-refractivity contribution in [3.8, 4) is 5.75 Å². The molecule has 1 atom stereocenters. The van der Waals surface area contributed by atoms with E-state index in [9.17, 15) is 18.0 Å². The van der Waals surface area contributed by atoms with Crippen molar-refractivity contribution in [2.45, 2.75) is 38.1 Å². The van der Waals surface area contributed by atoms with Crippen molar-refractivity contribution in [2.24, 2.45) is 5.73 Å². The number of nitrogens with zero attached hydrogens (tertiary/aromatic N) is 1. The number of nitrogens with one attached hydrogen (secondary N) is 2. The molecule has 180 valence electrons. The van der Waals surface area contributed by atoms with Gasteiger partial charge in [-0.15, -0.1) is 0 Å². The molecule has 0 fully saturated rings. The zero-order chi connectivity index (χ0) is 24.6. The number of anilines is 1. The maximum atomic E-state index is 13.1. The molecule has 9 nitrogen and oxygen atoms in total. The van der Waals surface area contributed by atoms with Crippen LogP contribution in [-0.4, -0.2) is 44.4 Å². The van der Waals surface area contributed by atoms with E-state index in [-0.39, 0.29) is 29.4 Å². The first-order valence-corrected chi connectivity index (χ1v) is 12.3. The summed E-state index contributed by atoms with van der Waals surface area (Å²) < 4.78 is 33.0. The third-order valence-electron chi connectivity index (χ3n) is 4.84. The quantitative estimate of drug-likeness (QED) is 0.438. The van der Waals surface area contributed by atoms with Gasteiger partial charge in [0, 0.05) is 23.8 Å². The van der Waals surface area contributed by atoms with Gasteiger partial charge in [0.15, 0.2) is 0 Å². The van der Waals surface area contributed by atoms with Crippen molar-refractivity contribution in [3.05, 3.63) is 53.1 Å². The van der Waals surface area contributed by atoms with Crippen LogP contribution in [0, 0.1) is 0 Å². The monoisotopic (exact) mass is 496 g/mol. The normalized spacial score (nSPS) is 12.3. The fraction of sp³-hybridized carbons (Fsp3) is 0.364. The highest BCUT2D eigenvalue weighted by molar-refractivity contribution is 7.89. The number of hydrogen-bond acceptors (Lipinski definition) is 5. The fourth-order valence-corrected chi connectivity index (χ4v) is 5.21. The summed E-state index contributed by atoms with van der Waals surface area (Å²) in [7, 11) is -3.83. The zero-order valence-electron chi connectivity index (χ0n) is 18.8. The van der Waals surface area contributed by atoms with Crippen LogP contribution in [0.25, 0.3) is 0 Å². The Balaban J connectivity index is 2.33. The summed E-state index contributed by atoms with van der Waals surface area (Å²) in [5, 5.41) is 5.57. The second kappa shape index (κ2) is 11.9. The van der Waals surface area contributed by atoms with Crippen LogP contribution >= 0.6 is 11.6 Å². The molecule has 2 rings (SSSR count). The molecule has 0 radical (unpaired) electrons. The topological polar surface area (TPSA) is 131 Å². The molecule has 1 unspecified atom stereocenters. The van der Waals surface area contributed by atoms with Gasteiger partial charge in [-0.25, -0.2) is 13.2 Å². The average Bonchev–Trinajstić information content (AvgIpc) is 2.75. The van der Waals surface area contributed by atoms with Gasteiger partial charge in [-0.1, -0.05) is 43.6 Å². The number of benzene rings is 2. The predicted molar refractivity (Wildman–Crippen MR) is 128 cm³/mol. The lowest BCUT2D eigenvalue weighted by atomic mass is 10.0. The maximum absolute atomic E-state index is 13.1. The molecule has 0 saturated carbocycles. The molecule has 0 bridgehead atoms. The van der Waals surface area contributed by atoms with Crippen molar-refractivity contribution in [1.82, 2.24) is 9.62 Å². The number of ether oxygens (including phenoxy) is 1. The summed E-state index contributed by atoms with van der Waals surface area (Å²) in [4.78, 5) is 24.2. The van der Waals surface area contributed by atoms with Crippen molar-refractivity contribution < 1.29 is 22.7 Å². The minimum absolute atomic E-state index is 0.0382. The molecule has 0 heterocycles. The fourth-order valence-electron chi connectivity index (χ4n) is 3.33. The molecule has 2 aromatic carbocycles. The standard InChI is InChI=1S/C22H29ClN4O5S/c1-4-27(5-2)33(30,31)20-13-15(11-12-19(20)32-6-3)25-21(28)14-18(26-22(24)29)16-9-7-8-10-17(16)23/h7-13,18H,4-6,14H2,1-3H3,(H,25,28)(H3,24,26,29). The Morgan fingerprint density at radius 3 is 2.36 bits per heavy atom. The molecule has 11 heteroatoms. The number of halogens is 1. The number of hydrogen-bond donors (Lipinski definition) is 3. The smallest absolute Gasteiger partial charge is 0.312 e. The molecular weight excluding hydrogens is 468 g/mol. The van der Waals surface area contributed by atoms with Crippen LogP contribution in [0.3, 0.4) is 0 Å². The number of nitrogens with two attached hydrogens (primary N) is 1. The van der Waals surface area contributed by atoms with Crippen LogP contribution in [0.15, 0.2) is 47.4 Å². The lowest BCUT2D eigenvalue weighted by Crippen LogP contribution is -2.35. The van der Waals surface area contributed by atoms with E-state index in [1.165, 1.54) is 16.4 Å². The second-order valence-corrected chi connectivity index (χ2v) is 9.33. The first-order valence-electron chi connectivity index (χ1n) is 10.5. The number of sulfonamides is 1. The van der Waals surface area contributed by atoms with Crippen LogP contribution < -0.4 is 21.1 Å². The molecule has 0 aromatic heterocycles. The Hall–Kier alpha value is -2.82. The van der Waals surface area contributed by atoms with E-state index >= 15 is 0 Å². The highest BCUT2D eigenvalue weighted by atomic mass is 35.5. The highest BCUT2D eigenvalue weighted by Gasteiger charge is 2.27. The lowest BCUT2D eigenvalue weighted by molar-refractivity contribution is -0.116. The number of urea groups is 1. The molecule has 0 saturated heterocycles. The second-order valence-electron chi connectivity index (χ2n) is 7.02. The van der Waals surface area contributed by atoms with E-state index in [4.69, 9.17) is 22.1 Å². The summed E-state index contributed by atoms with van der Waals surface area (Å²) in [5.41, 5.74) is 6.07. The SMILES string of the molecule is CCOc1ccc(NC(=O)CC(NC(N)=O)c2ccccc2Cl)cc1S(=O)(=O)N(CC)CC. The van der Waals surface area contributed by atoms with Gasteiger partial charge in [-0.3, -0.25) is 4.79 Å². The van der Waals surface area contributed by atoms with Gasteiger partial charge in [0.25, 0.3) is 0 Å². The van der Waals surface area contributed by atoms with Crippen LogP contribution in [0.1, 0.15) is 38.8 Å². The van der Waals surface area contributed by atoms with E-state index < -0.39 is 28.0 Å². The van der Waals surface area contributed by atoms with Gasteiger partial charge < -0.3 is 21.1 Å². The largest absolute Gasteiger partial charge is 0.492 e. The molecule has 0 spiro atoms. The molecule has 4 N–H and O–H groups in total. The van der Waals surface area contributed by atoms with Crippen LogP contribution in [-0.2, 0) is 14.8 Å². The van der Waals surface area contributed by atoms with Crippen molar-refractivity contribution in [3.63, 3.8) is 0 Å². The summed E-state index contributed by atoms with van der Waals surface area (Å²) in [6.07, 6.45) is -0.169. The van der Waals surface area contributed by atoms with Crippen LogP contribution in [0.4, 0.5) is 10.5 Å². The van der Waals surface area contributed by atoms with Crippen LogP contribution in [0.5, 0.6) is 5.75 Å². The van der Waals surface area contributed by atoms with E-state index in [1.54, 1.807) is 51.1 Å². The zero-order valence-corrected chi connectivity index (χ0v) is 20.4. The Morgan fingerprint density at radius 2 is 1.79 bits per heavy atom. The summed E-state index contributed by atoms with van der Waals surface area (Å²) >= 11 is 6.21. The molecular formula is C22H29ClN4O5S. The molecule has 33 heavy (non-hydrogen) atoms. The van der Waals surface area contributed by atoms with E-state index in [0.29, 0.717) is 23.7 Å². The van der Waals surface area contributed by atoms with Crippen molar-refractivity contribution in [2.75, 3.05) is 25.0 Å². The summed E-state index contributed by atoms with van der Waals surface area (Å²) in [6.45, 7) is 6.11. The summed E-state index contributed by atoms with van der Waals surface area (Å²) in [6, 6.07) is 9.63. The van der Waals surface area contributed by atoms with E-state index in [2.05, 4.69) is 10.6 Å². The number of rotatable bonds is 11. The first kappa shape index (κ1) is 26.4. The summed E-state index contributed by atoms with van der Waals surface area (Å²) in [5.74, 6) is -0.268. The highest BCUT2D eigenvalue weighted by Crippen LogP contribution is 2.31. The Bertz CT molecular complexity index is 1090. The Labute approximate surface area is 199 Å². The van der Waals surface area contributed by atoms with E-state index in [1.807, 2.05) is 0 Å². The molecule has 3 amide bonds.